The number of carbonyl (C=O) groups is 3. The minimum absolute atomic E-state index is 0.0656. The molecule has 2 saturated carbocycles. The second kappa shape index (κ2) is 22.7. The lowest BCUT2D eigenvalue weighted by atomic mass is 9.79. The molecule has 376 valence electrons. The van der Waals surface area contributed by atoms with Crippen molar-refractivity contribution in [3.63, 3.8) is 0 Å². The first-order chi connectivity index (χ1) is 34.6. The van der Waals surface area contributed by atoms with Gasteiger partial charge >= 0.3 is 17.9 Å². The summed E-state index contributed by atoms with van der Waals surface area (Å²) in [6.07, 6.45) is 5.99. The molecule has 0 aliphatic heterocycles. The zero-order valence-corrected chi connectivity index (χ0v) is 43.9. The summed E-state index contributed by atoms with van der Waals surface area (Å²) in [6.45, 7) is 18.1. The fourth-order valence-corrected chi connectivity index (χ4v) is 11.7. The minimum Gasteiger partial charge on any atom is -0.462 e. The van der Waals surface area contributed by atoms with Crippen LogP contribution in [-0.2, 0) is 28.6 Å². The van der Waals surface area contributed by atoms with Crippen molar-refractivity contribution in [3.8, 4) is 0 Å². The summed E-state index contributed by atoms with van der Waals surface area (Å²) in [5, 5.41) is 6.13. The zero-order valence-electron chi connectivity index (χ0n) is 43.9. The lowest BCUT2D eigenvalue weighted by Crippen LogP contribution is -2.43. The molecular formula is C63H73N3O6. The number of nitrogens with zero attached hydrogens (tertiary/aromatic N) is 2. The molecule has 0 spiro atoms. The van der Waals surface area contributed by atoms with E-state index in [1.807, 2.05) is 0 Å². The summed E-state index contributed by atoms with van der Waals surface area (Å²) >= 11 is 0. The maximum atomic E-state index is 14.1. The van der Waals surface area contributed by atoms with Gasteiger partial charge in [-0.3, -0.25) is 9.59 Å². The van der Waals surface area contributed by atoms with Gasteiger partial charge in [-0.25, -0.2) is 4.79 Å². The minimum atomic E-state index is -0.597. The Bertz CT molecular complexity index is 2790. The molecule has 2 fully saturated rings. The Labute approximate surface area is 427 Å². The van der Waals surface area contributed by atoms with Gasteiger partial charge in [-0.1, -0.05) is 116 Å². The normalized spacial score (nSPS) is 17.8. The van der Waals surface area contributed by atoms with Gasteiger partial charge in [0.25, 0.3) is 0 Å². The second-order valence-electron chi connectivity index (χ2n) is 20.6. The molecule has 4 atom stereocenters. The Kier molecular flexibility index (Phi) is 16.2. The lowest BCUT2D eigenvalue weighted by Gasteiger charge is -2.35. The molecule has 6 aromatic rings. The predicted octanol–water partition coefficient (Wildman–Crippen LogP) is 14.1. The number of hydrogen-bond acceptors (Lipinski definition) is 9. The quantitative estimate of drug-likeness (QED) is 0.0334. The highest BCUT2D eigenvalue weighted by molar-refractivity contribution is 5.97. The first-order valence-electron chi connectivity index (χ1n) is 25.9. The number of benzene rings is 6. The van der Waals surface area contributed by atoms with E-state index in [1.165, 1.54) is 61.4 Å². The van der Waals surface area contributed by atoms with Crippen LogP contribution in [0.25, 0.3) is 10.8 Å². The first kappa shape index (κ1) is 51.5. The molecule has 0 amide bonds. The van der Waals surface area contributed by atoms with Gasteiger partial charge in [0, 0.05) is 59.4 Å². The van der Waals surface area contributed by atoms with Crippen LogP contribution in [0.3, 0.4) is 0 Å². The molecule has 0 saturated heterocycles. The van der Waals surface area contributed by atoms with Crippen molar-refractivity contribution in [2.24, 2.45) is 11.8 Å². The third-order valence-corrected chi connectivity index (χ3v) is 15.0. The Morgan fingerprint density at radius 3 is 1.60 bits per heavy atom. The first-order valence-corrected chi connectivity index (χ1v) is 25.9. The smallest absolute Gasteiger partial charge is 0.333 e. The van der Waals surface area contributed by atoms with Crippen LogP contribution < -0.4 is 15.1 Å². The van der Waals surface area contributed by atoms with Crippen molar-refractivity contribution in [2.75, 3.05) is 42.4 Å². The summed E-state index contributed by atoms with van der Waals surface area (Å²) in [7, 11) is 4.31. The second-order valence-corrected chi connectivity index (χ2v) is 20.6. The number of rotatable bonds is 16. The van der Waals surface area contributed by atoms with E-state index in [0.29, 0.717) is 12.8 Å². The molecule has 2 aliphatic carbocycles. The summed E-state index contributed by atoms with van der Waals surface area (Å²) < 4.78 is 17.0. The van der Waals surface area contributed by atoms with E-state index in [1.54, 1.807) is 6.92 Å². The van der Waals surface area contributed by atoms with E-state index in [2.05, 4.69) is 187 Å². The molecular weight excluding hydrogens is 895 g/mol. The monoisotopic (exact) mass is 968 g/mol. The average molecular weight is 968 g/mol. The predicted molar refractivity (Wildman–Crippen MR) is 293 cm³/mol. The molecule has 9 nitrogen and oxygen atoms in total. The number of carbonyl (C=O) groups excluding carboxylic acids is 3. The van der Waals surface area contributed by atoms with Crippen LogP contribution in [-0.4, -0.2) is 57.4 Å². The van der Waals surface area contributed by atoms with E-state index in [9.17, 15) is 14.4 Å². The molecule has 9 heteroatoms. The molecule has 0 heterocycles. The molecule has 8 rings (SSSR count). The van der Waals surface area contributed by atoms with Crippen molar-refractivity contribution in [3.05, 3.63) is 171 Å². The zero-order chi connectivity index (χ0) is 51.2. The van der Waals surface area contributed by atoms with E-state index in [4.69, 9.17) is 14.2 Å². The maximum absolute atomic E-state index is 14.1. The van der Waals surface area contributed by atoms with Crippen LogP contribution in [0, 0.1) is 53.4 Å². The van der Waals surface area contributed by atoms with Crippen molar-refractivity contribution in [1.29, 1.82) is 0 Å². The number of ether oxygens (including phenoxy) is 3. The Hall–Kier alpha value is -6.87. The third-order valence-electron chi connectivity index (χ3n) is 15.0. The molecule has 0 aromatic heterocycles. The Morgan fingerprint density at radius 2 is 1.07 bits per heavy atom. The van der Waals surface area contributed by atoms with Gasteiger partial charge in [0.2, 0.25) is 0 Å². The molecule has 0 bridgehead atoms. The lowest BCUT2D eigenvalue weighted by molar-refractivity contribution is -0.168. The van der Waals surface area contributed by atoms with E-state index in [-0.39, 0.29) is 42.8 Å². The molecule has 1 N–H and O–H groups in total. The highest BCUT2D eigenvalue weighted by Crippen LogP contribution is 2.42. The SMILES string of the molecule is C=C(C)C(=O)OCCOC(=O)C1CCCCC1C(=O)OC1CCCCC1Nc1ccc(C(c2ccc(N(C)c3c(C)cc(C)cc3C)cc2)c2ccc(N(C)c3c(C)cc(C)cc3C)cc2)c2ccccc12. The number of anilines is 5. The van der Waals surface area contributed by atoms with Crippen LogP contribution in [0.15, 0.2) is 121 Å². The van der Waals surface area contributed by atoms with Gasteiger partial charge in [-0.2, -0.15) is 0 Å². The van der Waals surface area contributed by atoms with Crippen LogP contribution >= 0.6 is 0 Å². The standard InChI is InChI=1S/C63H73N3O6/c1-39(2)61(67)70-33-34-71-62(68)53-19-13-14-20-54(53)63(69)72-57-22-16-15-21-56(57)64-55-32-31-52(50-17-11-12-18-51(50)55)58(46-23-27-48(28-24-46)65(9)59-42(5)35-40(3)36-43(59)6)47-25-29-49(30-26-47)66(10)60-44(7)37-41(4)38-45(60)8/h11-12,17-18,23-32,35-38,53-54,56-58,64H,1,13-16,19-22,33-34H2,2-10H3. The van der Waals surface area contributed by atoms with Crippen molar-refractivity contribution in [1.82, 2.24) is 0 Å². The van der Waals surface area contributed by atoms with Crippen molar-refractivity contribution in [2.45, 2.75) is 118 Å². The summed E-state index contributed by atoms with van der Waals surface area (Å²) in [5.74, 6) is -2.58. The van der Waals surface area contributed by atoms with E-state index < -0.39 is 23.8 Å². The largest absolute Gasteiger partial charge is 0.462 e. The molecule has 4 unspecified atom stereocenters. The number of aryl methyl sites for hydroxylation is 6. The van der Waals surface area contributed by atoms with Crippen LogP contribution in [0.4, 0.5) is 28.4 Å². The van der Waals surface area contributed by atoms with Crippen molar-refractivity contribution < 1.29 is 28.6 Å². The maximum Gasteiger partial charge on any atom is 0.333 e. The fourth-order valence-electron chi connectivity index (χ4n) is 11.7. The van der Waals surface area contributed by atoms with E-state index in [0.717, 1.165) is 66.4 Å². The van der Waals surface area contributed by atoms with Gasteiger partial charge < -0.3 is 29.3 Å². The van der Waals surface area contributed by atoms with Gasteiger partial charge in [0.15, 0.2) is 0 Å². The van der Waals surface area contributed by atoms with E-state index >= 15 is 0 Å². The topological polar surface area (TPSA) is 97.4 Å². The highest BCUT2D eigenvalue weighted by atomic mass is 16.6. The molecule has 0 radical (unpaired) electrons. The third kappa shape index (κ3) is 11.4. The Morgan fingerprint density at radius 1 is 0.597 bits per heavy atom. The fraction of sp³-hybridized carbons (Fsp3) is 0.381. The number of fused-ring (bicyclic) bond motifs is 1. The molecule has 72 heavy (non-hydrogen) atoms. The summed E-state index contributed by atoms with van der Waals surface area (Å²) in [5.41, 5.74) is 17.1. The summed E-state index contributed by atoms with van der Waals surface area (Å²) in [4.78, 5) is 43.8. The molecule has 6 aromatic carbocycles. The number of hydrogen-bond donors (Lipinski definition) is 1. The van der Waals surface area contributed by atoms with Crippen LogP contribution in [0.5, 0.6) is 0 Å². The number of nitrogens with one attached hydrogen (secondary N) is 1. The van der Waals surface area contributed by atoms with Gasteiger partial charge in [-0.15, -0.1) is 0 Å². The van der Waals surface area contributed by atoms with Gasteiger partial charge in [-0.05, 0) is 155 Å². The Balaban J connectivity index is 1.08. The number of esters is 3. The average Bonchev–Trinajstić information content (AvgIpc) is 3.36. The molecule has 2 aliphatic rings. The van der Waals surface area contributed by atoms with Crippen LogP contribution in [0.1, 0.15) is 114 Å². The summed E-state index contributed by atoms with van der Waals surface area (Å²) in [6, 6.07) is 40.1. The van der Waals surface area contributed by atoms with Crippen molar-refractivity contribution >= 4 is 57.1 Å². The van der Waals surface area contributed by atoms with Crippen LogP contribution in [0.2, 0.25) is 0 Å². The van der Waals surface area contributed by atoms with Gasteiger partial charge in [0.1, 0.15) is 19.3 Å². The highest BCUT2D eigenvalue weighted by Gasteiger charge is 2.40. The van der Waals surface area contributed by atoms with Gasteiger partial charge in [0.05, 0.1) is 17.9 Å².